The lowest BCUT2D eigenvalue weighted by molar-refractivity contribution is -0.144. The van der Waals surface area contributed by atoms with Crippen LogP contribution in [0.3, 0.4) is 0 Å². The van der Waals surface area contributed by atoms with Crippen LogP contribution in [0.15, 0.2) is 59.7 Å². The number of para-hydroxylation sites is 1. The van der Waals surface area contributed by atoms with Gasteiger partial charge in [0.1, 0.15) is 18.8 Å². The van der Waals surface area contributed by atoms with E-state index in [9.17, 15) is 24.0 Å². The molecule has 0 aromatic heterocycles. The smallest absolute Gasteiger partial charge is 0.261 e. The van der Waals surface area contributed by atoms with Crippen molar-refractivity contribution in [2.45, 2.75) is 44.7 Å². The zero-order valence-electron chi connectivity index (χ0n) is 22.8. The lowest BCUT2D eigenvalue weighted by Crippen LogP contribution is -2.60. The number of anilines is 1. The minimum atomic E-state index is -1.03. The summed E-state index contributed by atoms with van der Waals surface area (Å²) in [6, 6.07) is 10.6. The molecule has 41 heavy (non-hydrogen) atoms. The number of hydrogen-bond donors (Lipinski definition) is 3. The van der Waals surface area contributed by atoms with Gasteiger partial charge in [-0.25, -0.2) is 0 Å². The van der Waals surface area contributed by atoms with Crippen molar-refractivity contribution in [3.05, 3.63) is 77.0 Å². The van der Waals surface area contributed by atoms with Crippen LogP contribution in [0.1, 0.15) is 63.6 Å². The first kappa shape index (κ1) is 27.9. The third-order valence-corrected chi connectivity index (χ3v) is 7.43. The summed E-state index contributed by atoms with van der Waals surface area (Å²) in [7, 11) is 0. The second-order valence-corrected chi connectivity index (χ2v) is 10.2. The number of hydrogen-bond acceptors (Lipinski definition) is 8. The number of aliphatic imine (C=N–C) groups is 1. The molecular formula is C30H32N6O5. The van der Waals surface area contributed by atoms with Gasteiger partial charge >= 0.3 is 0 Å². The number of rotatable bonds is 9. The number of aryl methyl sites for hydroxylation is 1. The van der Waals surface area contributed by atoms with E-state index in [4.69, 9.17) is 0 Å². The number of unbranched alkanes of at least 4 members (excludes halogenated alkanes) is 1. The Morgan fingerprint density at radius 1 is 1.05 bits per heavy atom. The molecule has 2 aromatic carbocycles. The van der Waals surface area contributed by atoms with Crippen molar-refractivity contribution in [2.24, 2.45) is 4.99 Å². The molecule has 0 spiro atoms. The first-order chi connectivity index (χ1) is 19.9. The van der Waals surface area contributed by atoms with Crippen molar-refractivity contribution >= 4 is 41.4 Å². The van der Waals surface area contributed by atoms with E-state index in [1.807, 2.05) is 36.2 Å². The minimum absolute atomic E-state index is 0.0612. The Hall–Kier alpha value is -4.64. The molecule has 1 fully saturated rings. The Labute approximate surface area is 237 Å². The van der Waals surface area contributed by atoms with E-state index in [0.29, 0.717) is 49.3 Å². The van der Waals surface area contributed by atoms with Crippen LogP contribution in [-0.2, 0) is 14.4 Å². The Morgan fingerprint density at radius 3 is 2.63 bits per heavy atom. The number of nitrogens with one attached hydrogen (secondary N) is 3. The molecule has 0 radical (unpaired) electrons. The van der Waals surface area contributed by atoms with Gasteiger partial charge < -0.3 is 15.5 Å². The Morgan fingerprint density at radius 2 is 1.85 bits per heavy atom. The van der Waals surface area contributed by atoms with Gasteiger partial charge in [0, 0.05) is 30.9 Å². The van der Waals surface area contributed by atoms with Gasteiger partial charge in [-0.15, -0.1) is 0 Å². The summed E-state index contributed by atoms with van der Waals surface area (Å²) < 4.78 is 0. The van der Waals surface area contributed by atoms with Crippen LogP contribution < -0.4 is 20.9 Å². The fraction of sp³-hybridized carbons (Fsp3) is 0.333. The van der Waals surface area contributed by atoms with Gasteiger partial charge in [-0.2, -0.15) is 0 Å². The number of fused-ring (bicyclic) bond motifs is 1. The summed E-state index contributed by atoms with van der Waals surface area (Å²) in [6.45, 7) is 3.30. The molecule has 11 heteroatoms. The average Bonchev–Trinajstić information content (AvgIpc) is 2.97. The summed E-state index contributed by atoms with van der Waals surface area (Å²) in [6.07, 6.45) is 6.94. The van der Waals surface area contributed by atoms with Crippen LogP contribution in [0.25, 0.3) is 0 Å². The maximum atomic E-state index is 13.5. The van der Waals surface area contributed by atoms with E-state index in [2.05, 4.69) is 20.9 Å². The number of imide groups is 2. The SMILES string of the molecule is Cc1cccc(C(=O)NCCCCNC2C(=O)N(C3CCC(=O)NC3=O)C(=O)c3ccccc32)c1N1C=CC=NC1. The summed E-state index contributed by atoms with van der Waals surface area (Å²) in [5, 5.41) is 8.45. The second-order valence-electron chi connectivity index (χ2n) is 10.2. The minimum Gasteiger partial charge on any atom is -0.352 e. The molecule has 0 bridgehead atoms. The van der Waals surface area contributed by atoms with Gasteiger partial charge in [-0.1, -0.05) is 30.3 Å². The molecule has 212 valence electrons. The van der Waals surface area contributed by atoms with Crippen molar-refractivity contribution < 1.29 is 24.0 Å². The number of piperidine rings is 1. The summed E-state index contributed by atoms with van der Waals surface area (Å²) in [4.78, 5) is 71.0. The third-order valence-electron chi connectivity index (χ3n) is 7.43. The largest absolute Gasteiger partial charge is 0.352 e. The van der Waals surface area contributed by atoms with Crippen molar-refractivity contribution in [3.63, 3.8) is 0 Å². The van der Waals surface area contributed by atoms with Gasteiger partial charge in [0.25, 0.3) is 17.7 Å². The van der Waals surface area contributed by atoms with Gasteiger partial charge in [0.2, 0.25) is 11.8 Å². The predicted molar refractivity (Wildman–Crippen MR) is 152 cm³/mol. The zero-order valence-corrected chi connectivity index (χ0v) is 22.8. The number of carbonyl (C=O) groups is 5. The number of allylic oxidation sites excluding steroid dienone is 1. The maximum absolute atomic E-state index is 13.5. The Kier molecular flexibility index (Phi) is 8.34. The molecule has 3 heterocycles. The highest BCUT2D eigenvalue weighted by atomic mass is 16.2. The van der Waals surface area contributed by atoms with Crippen molar-refractivity contribution in [1.82, 2.24) is 20.9 Å². The molecule has 2 unspecified atom stereocenters. The van der Waals surface area contributed by atoms with Crippen LogP contribution in [0.4, 0.5) is 5.69 Å². The van der Waals surface area contributed by atoms with Crippen LogP contribution in [-0.4, -0.2) is 66.5 Å². The predicted octanol–water partition coefficient (Wildman–Crippen LogP) is 1.99. The molecule has 0 aliphatic carbocycles. The molecule has 2 atom stereocenters. The average molecular weight is 557 g/mol. The maximum Gasteiger partial charge on any atom is 0.261 e. The number of carbonyl (C=O) groups excluding carboxylic acids is 5. The summed E-state index contributed by atoms with van der Waals surface area (Å²) >= 11 is 0. The highest BCUT2D eigenvalue weighted by molar-refractivity contribution is 6.15. The second kappa shape index (κ2) is 12.3. The first-order valence-corrected chi connectivity index (χ1v) is 13.7. The summed E-state index contributed by atoms with van der Waals surface area (Å²) in [5.41, 5.74) is 3.29. The zero-order chi connectivity index (χ0) is 28.9. The lowest BCUT2D eigenvalue weighted by atomic mass is 9.91. The number of nitrogens with zero attached hydrogens (tertiary/aromatic N) is 3. The van der Waals surface area contributed by atoms with E-state index < -0.39 is 35.7 Å². The van der Waals surface area contributed by atoms with Crippen LogP contribution in [0.5, 0.6) is 0 Å². The normalized spacial score (nSPS) is 20.2. The molecule has 0 saturated carbocycles. The van der Waals surface area contributed by atoms with E-state index >= 15 is 0 Å². The van der Waals surface area contributed by atoms with Crippen molar-refractivity contribution in [2.75, 3.05) is 24.7 Å². The van der Waals surface area contributed by atoms with Gasteiger partial charge in [-0.05, 0) is 62.1 Å². The van der Waals surface area contributed by atoms with Gasteiger partial charge in [0.15, 0.2) is 0 Å². The molecule has 5 rings (SSSR count). The first-order valence-electron chi connectivity index (χ1n) is 13.7. The fourth-order valence-electron chi connectivity index (χ4n) is 5.41. The topological polar surface area (TPSA) is 140 Å². The van der Waals surface area contributed by atoms with Crippen LogP contribution in [0.2, 0.25) is 0 Å². The van der Waals surface area contributed by atoms with E-state index in [1.54, 1.807) is 36.5 Å². The molecular weight excluding hydrogens is 524 g/mol. The molecule has 2 aromatic rings. The molecule has 11 nitrogen and oxygen atoms in total. The van der Waals surface area contributed by atoms with E-state index in [0.717, 1.165) is 16.2 Å². The highest BCUT2D eigenvalue weighted by Gasteiger charge is 2.45. The summed E-state index contributed by atoms with van der Waals surface area (Å²) in [5.74, 6) is -2.28. The Bertz CT molecular complexity index is 1450. The highest BCUT2D eigenvalue weighted by Crippen LogP contribution is 2.31. The molecule has 1 saturated heterocycles. The van der Waals surface area contributed by atoms with Crippen molar-refractivity contribution in [3.8, 4) is 0 Å². The quantitative estimate of drug-likeness (QED) is 0.317. The third kappa shape index (κ3) is 5.80. The Balaban J connectivity index is 1.18. The van der Waals surface area contributed by atoms with E-state index in [-0.39, 0.29) is 18.7 Å². The van der Waals surface area contributed by atoms with Crippen molar-refractivity contribution in [1.29, 1.82) is 0 Å². The van der Waals surface area contributed by atoms with Crippen LogP contribution in [0, 0.1) is 6.92 Å². The fourth-order valence-corrected chi connectivity index (χ4v) is 5.41. The standard InChI is InChI=1S/C30H32N6O5/c1-19-8-6-11-22(26(19)35-17-7-14-31-18-35)27(38)33-16-5-4-15-32-25-20-9-2-3-10-21(20)29(40)36(30(25)41)23-12-13-24(37)34-28(23)39/h2-3,6-11,14,17,23,25,32H,4-5,12-13,15-16,18H2,1H3,(H,33,38)(H,34,37,39). The van der Waals surface area contributed by atoms with E-state index in [1.165, 1.54) is 0 Å². The lowest BCUT2D eigenvalue weighted by Gasteiger charge is -2.38. The van der Waals surface area contributed by atoms with Gasteiger partial charge in [0.05, 0.1) is 11.3 Å². The molecule has 3 N–H and O–H groups in total. The number of benzene rings is 2. The molecule has 3 aliphatic heterocycles. The van der Waals surface area contributed by atoms with Gasteiger partial charge in [-0.3, -0.25) is 39.2 Å². The molecule has 5 amide bonds. The molecule has 3 aliphatic rings. The monoisotopic (exact) mass is 556 g/mol. The van der Waals surface area contributed by atoms with Crippen LogP contribution >= 0.6 is 0 Å². The number of amides is 5.